The van der Waals surface area contributed by atoms with Crippen molar-refractivity contribution in [2.24, 2.45) is 0 Å². The van der Waals surface area contributed by atoms with Gasteiger partial charge in [-0.2, -0.15) is 0 Å². The Morgan fingerprint density at radius 1 is 0.879 bits per heavy atom. The van der Waals surface area contributed by atoms with Crippen molar-refractivity contribution in [1.29, 1.82) is 0 Å². The third kappa shape index (κ3) is 7.13. The molecule has 3 rings (SSSR count). The van der Waals surface area contributed by atoms with Gasteiger partial charge in [0.2, 0.25) is 0 Å². The standard InChI is InChI=1S/C25H24BrN3O3S/c1-15(2)32-22-12-7-18(14-21(22)26)24(31)29-25(33)28-20-10-8-19(9-11-20)27-23(30)17-6-4-5-16(3)13-17/h4-15H,1-3H3,(H,27,30)(H2,28,29,31,33). The smallest absolute Gasteiger partial charge is 0.257 e. The molecule has 0 spiro atoms. The van der Waals surface area contributed by atoms with E-state index >= 15 is 0 Å². The minimum Gasteiger partial charge on any atom is -0.490 e. The van der Waals surface area contributed by atoms with Crippen LogP contribution in [0.5, 0.6) is 5.75 Å². The molecular formula is C25H24BrN3O3S. The van der Waals surface area contributed by atoms with Gasteiger partial charge >= 0.3 is 0 Å². The number of amides is 2. The fraction of sp³-hybridized carbons (Fsp3) is 0.160. The van der Waals surface area contributed by atoms with Crippen molar-refractivity contribution in [2.45, 2.75) is 26.9 Å². The van der Waals surface area contributed by atoms with Gasteiger partial charge in [-0.25, -0.2) is 0 Å². The van der Waals surface area contributed by atoms with Gasteiger partial charge in [-0.3, -0.25) is 14.9 Å². The third-order valence-corrected chi connectivity index (χ3v) is 5.29. The van der Waals surface area contributed by atoms with E-state index in [2.05, 4.69) is 31.9 Å². The zero-order valence-corrected chi connectivity index (χ0v) is 20.8. The lowest BCUT2D eigenvalue weighted by Gasteiger charge is -2.13. The second-order valence-electron chi connectivity index (χ2n) is 7.62. The van der Waals surface area contributed by atoms with Gasteiger partial charge in [0.25, 0.3) is 11.8 Å². The Morgan fingerprint density at radius 2 is 1.52 bits per heavy atom. The van der Waals surface area contributed by atoms with Crippen LogP contribution in [0.4, 0.5) is 11.4 Å². The van der Waals surface area contributed by atoms with Gasteiger partial charge in [-0.05, 0) is 104 Å². The summed E-state index contributed by atoms with van der Waals surface area (Å²) in [7, 11) is 0. The van der Waals surface area contributed by atoms with Crippen molar-refractivity contribution in [3.8, 4) is 5.75 Å². The molecule has 3 aromatic rings. The van der Waals surface area contributed by atoms with E-state index in [1.165, 1.54) is 0 Å². The van der Waals surface area contributed by atoms with Crippen molar-refractivity contribution >= 4 is 56.4 Å². The number of carbonyl (C=O) groups excluding carboxylic acids is 2. The molecule has 0 saturated carbocycles. The number of hydrogen-bond acceptors (Lipinski definition) is 4. The second-order valence-corrected chi connectivity index (χ2v) is 8.88. The Labute approximate surface area is 206 Å². The van der Waals surface area contributed by atoms with Gasteiger partial charge in [0.05, 0.1) is 10.6 Å². The van der Waals surface area contributed by atoms with Crippen LogP contribution in [0.2, 0.25) is 0 Å². The van der Waals surface area contributed by atoms with Gasteiger partial charge in [0.15, 0.2) is 5.11 Å². The van der Waals surface area contributed by atoms with Crippen LogP contribution in [-0.4, -0.2) is 23.0 Å². The number of nitrogens with one attached hydrogen (secondary N) is 3. The number of hydrogen-bond donors (Lipinski definition) is 3. The molecule has 6 nitrogen and oxygen atoms in total. The summed E-state index contributed by atoms with van der Waals surface area (Å²) in [5, 5.41) is 8.64. The van der Waals surface area contributed by atoms with Crippen LogP contribution in [0.25, 0.3) is 0 Å². The first kappa shape index (κ1) is 24.4. The molecular weight excluding hydrogens is 502 g/mol. The average Bonchev–Trinajstić information content (AvgIpc) is 2.76. The van der Waals surface area contributed by atoms with Crippen LogP contribution in [0.1, 0.15) is 40.1 Å². The summed E-state index contributed by atoms with van der Waals surface area (Å²) in [6.07, 6.45) is 0.0278. The average molecular weight is 526 g/mol. The van der Waals surface area contributed by atoms with E-state index in [0.717, 1.165) is 5.56 Å². The minimum atomic E-state index is -0.341. The second kappa shape index (κ2) is 11.1. The van der Waals surface area contributed by atoms with Crippen molar-refractivity contribution < 1.29 is 14.3 Å². The lowest BCUT2D eigenvalue weighted by atomic mass is 10.1. The van der Waals surface area contributed by atoms with Crippen LogP contribution in [0, 0.1) is 6.92 Å². The summed E-state index contributed by atoms with van der Waals surface area (Å²) in [6, 6.07) is 19.5. The van der Waals surface area contributed by atoms with Gasteiger partial charge in [-0.1, -0.05) is 17.7 Å². The SMILES string of the molecule is Cc1cccc(C(=O)Nc2ccc(NC(=S)NC(=O)c3ccc(OC(C)C)c(Br)c3)cc2)c1. The zero-order chi connectivity index (χ0) is 24.0. The van der Waals surface area contributed by atoms with Crippen molar-refractivity contribution in [3.05, 3.63) is 87.9 Å². The molecule has 0 heterocycles. The van der Waals surface area contributed by atoms with Crippen molar-refractivity contribution in [2.75, 3.05) is 10.6 Å². The fourth-order valence-corrected chi connectivity index (χ4v) is 3.64. The summed E-state index contributed by atoms with van der Waals surface area (Å²) >= 11 is 8.68. The molecule has 0 bridgehead atoms. The molecule has 2 amide bonds. The zero-order valence-electron chi connectivity index (χ0n) is 18.4. The van der Waals surface area contributed by atoms with E-state index in [1.807, 2.05) is 39.0 Å². The van der Waals surface area contributed by atoms with E-state index in [0.29, 0.717) is 32.7 Å². The number of halogens is 1. The van der Waals surface area contributed by atoms with E-state index in [4.69, 9.17) is 17.0 Å². The molecule has 3 N–H and O–H groups in total. The van der Waals surface area contributed by atoms with E-state index in [-0.39, 0.29) is 23.0 Å². The summed E-state index contributed by atoms with van der Waals surface area (Å²) in [6.45, 7) is 5.80. The van der Waals surface area contributed by atoms with Crippen LogP contribution in [0.3, 0.4) is 0 Å². The number of ether oxygens (including phenoxy) is 1. The molecule has 33 heavy (non-hydrogen) atoms. The first-order valence-electron chi connectivity index (χ1n) is 10.3. The number of aryl methyl sites for hydroxylation is 1. The predicted molar refractivity (Wildman–Crippen MR) is 139 cm³/mol. The highest BCUT2D eigenvalue weighted by Crippen LogP contribution is 2.27. The fourth-order valence-electron chi connectivity index (χ4n) is 2.96. The van der Waals surface area contributed by atoms with Gasteiger partial charge in [0.1, 0.15) is 5.75 Å². The van der Waals surface area contributed by atoms with E-state index in [1.54, 1.807) is 48.5 Å². The number of carbonyl (C=O) groups is 2. The normalized spacial score (nSPS) is 10.5. The maximum Gasteiger partial charge on any atom is 0.257 e. The highest BCUT2D eigenvalue weighted by molar-refractivity contribution is 9.10. The number of rotatable bonds is 6. The summed E-state index contributed by atoms with van der Waals surface area (Å²) in [4.78, 5) is 24.9. The Kier molecular flexibility index (Phi) is 8.19. The lowest BCUT2D eigenvalue weighted by Crippen LogP contribution is -2.34. The van der Waals surface area contributed by atoms with Crippen molar-refractivity contribution in [3.63, 3.8) is 0 Å². The summed E-state index contributed by atoms with van der Waals surface area (Å²) in [5.74, 6) is 0.140. The number of benzene rings is 3. The molecule has 0 aliphatic carbocycles. The third-order valence-electron chi connectivity index (χ3n) is 4.46. The van der Waals surface area contributed by atoms with Gasteiger partial charge < -0.3 is 15.4 Å². The van der Waals surface area contributed by atoms with Crippen LogP contribution in [-0.2, 0) is 0 Å². The van der Waals surface area contributed by atoms with Gasteiger partial charge in [-0.15, -0.1) is 0 Å². The largest absolute Gasteiger partial charge is 0.490 e. The topological polar surface area (TPSA) is 79.5 Å². The van der Waals surface area contributed by atoms with E-state index in [9.17, 15) is 9.59 Å². The number of thiocarbonyl (C=S) groups is 1. The van der Waals surface area contributed by atoms with E-state index < -0.39 is 0 Å². The quantitative estimate of drug-likeness (QED) is 0.348. The molecule has 0 saturated heterocycles. The molecule has 8 heteroatoms. The molecule has 0 aromatic heterocycles. The Bertz CT molecular complexity index is 1180. The molecule has 0 radical (unpaired) electrons. The lowest BCUT2D eigenvalue weighted by molar-refractivity contribution is 0.0976. The van der Waals surface area contributed by atoms with Crippen molar-refractivity contribution in [1.82, 2.24) is 5.32 Å². The van der Waals surface area contributed by atoms with Crippen LogP contribution < -0.4 is 20.7 Å². The minimum absolute atomic E-state index is 0.0278. The molecule has 170 valence electrons. The Balaban J connectivity index is 1.55. The highest BCUT2D eigenvalue weighted by Gasteiger charge is 2.12. The molecule has 0 unspecified atom stereocenters. The first-order chi connectivity index (χ1) is 15.7. The maximum absolute atomic E-state index is 12.5. The number of anilines is 2. The molecule has 0 atom stereocenters. The Hall–Kier alpha value is -3.23. The van der Waals surface area contributed by atoms with Gasteiger partial charge in [0, 0.05) is 22.5 Å². The molecule has 0 aliphatic rings. The Morgan fingerprint density at radius 3 is 2.12 bits per heavy atom. The summed E-state index contributed by atoms with van der Waals surface area (Å²) < 4.78 is 6.35. The predicted octanol–water partition coefficient (Wildman–Crippen LogP) is 5.92. The highest BCUT2D eigenvalue weighted by atomic mass is 79.9. The molecule has 0 fully saturated rings. The monoisotopic (exact) mass is 525 g/mol. The maximum atomic E-state index is 12.5. The molecule has 3 aromatic carbocycles. The molecule has 0 aliphatic heterocycles. The first-order valence-corrected chi connectivity index (χ1v) is 11.5. The summed E-state index contributed by atoms with van der Waals surface area (Å²) in [5.41, 5.74) is 3.38. The van der Waals surface area contributed by atoms with Crippen LogP contribution in [0.15, 0.2) is 71.2 Å². The van der Waals surface area contributed by atoms with Crippen LogP contribution >= 0.6 is 28.1 Å².